The van der Waals surface area contributed by atoms with Gasteiger partial charge in [0.2, 0.25) is 5.91 Å². The van der Waals surface area contributed by atoms with Crippen molar-refractivity contribution in [2.45, 2.75) is 25.2 Å². The van der Waals surface area contributed by atoms with Crippen LogP contribution < -0.4 is 5.32 Å². The van der Waals surface area contributed by atoms with Gasteiger partial charge >= 0.3 is 0 Å². The molecule has 0 radical (unpaired) electrons. The van der Waals surface area contributed by atoms with Gasteiger partial charge in [0.1, 0.15) is 5.52 Å². The Morgan fingerprint density at radius 1 is 1.29 bits per heavy atom. The zero-order valence-electron chi connectivity index (χ0n) is 15.2. The van der Waals surface area contributed by atoms with Gasteiger partial charge in [0.25, 0.3) is 5.91 Å². The van der Waals surface area contributed by atoms with E-state index >= 15 is 0 Å². The SMILES string of the molecule is O=C(NCCC(=O)N1CCC(c2nc3cc(Cl)ccc3o2)CC1)c1ccsc1. The van der Waals surface area contributed by atoms with Crippen LogP contribution in [-0.2, 0) is 4.79 Å². The Bertz CT molecular complexity index is 978. The van der Waals surface area contributed by atoms with Crippen LogP contribution in [0.25, 0.3) is 11.1 Å². The number of hydrogen-bond donors (Lipinski definition) is 1. The molecule has 28 heavy (non-hydrogen) atoms. The molecule has 1 N–H and O–H groups in total. The van der Waals surface area contributed by atoms with Crippen molar-refractivity contribution in [3.05, 3.63) is 51.5 Å². The molecule has 3 heterocycles. The summed E-state index contributed by atoms with van der Waals surface area (Å²) in [6.45, 7) is 1.68. The van der Waals surface area contributed by atoms with E-state index in [0.717, 1.165) is 23.9 Å². The Morgan fingerprint density at radius 3 is 2.86 bits per heavy atom. The fourth-order valence-electron chi connectivity index (χ4n) is 3.41. The number of nitrogens with one attached hydrogen (secondary N) is 1. The lowest BCUT2D eigenvalue weighted by atomic mass is 9.96. The van der Waals surface area contributed by atoms with E-state index in [1.807, 2.05) is 16.3 Å². The van der Waals surface area contributed by atoms with Crippen molar-refractivity contribution in [3.8, 4) is 0 Å². The van der Waals surface area contributed by atoms with Gasteiger partial charge in [-0.15, -0.1) is 0 Å². The average Bonchev–Trinajstić information content (AvgIpc) is 3.37. The van der Waals surface area contributed by atoms with Crippen LogP contribution in [0.4, 0.5) is 0 Å². The lowest BCUT2D eigenvalue weighted by molar-refractivity contribution is -0.132. The molecular weight excluding hydrogens is 398 g/mol. The topological polar surface area (TPSA) is 75.4 Å². The molecule has 2 amide bonds. The third-order valence-corrected chi connectivity index (χ3v) is 5.89. The third kappa shape index (κ3) is 4.20. The Hall–Kier alpha value is -2.38. The lowest BCUT2D eigenvalue weighted by Gasteiger charge is -2.30. The number of likely N-dealkylation sites (tertiary alicyclic amines) is 1. The van der Waals surface area contributed by atoms with Crippen molar-refractivity contribution in [2.24, 2.45) is 0 Å². The predicted molar refractivity (Wildman–Crippen MR) is 109 cm³/mol. The summed E-state index contributed by atoms with van der Waals surface area (Å²) in [4.78, 5) is 30.7. The lowest BCUT2D eigenvalue weighted by Crippen LogP contribution is -2.39. The molecule has 6 nitrogen and oxygen atoms in total. The van der Waals surface area contributed by atoms with Gasteiger partial charge in [-0.25, -0.2) is 4.98 Å². The minimum Gasteiger partial charge on any atom is -0.440 e. The summed E-state index contributed by atoms with van der Waals surface area (Å²) in [6, 6.07) is 7.19. The molecule has 1 saturated heterocycles. The first-order valence-corrected chi connectivity index (χ1v) is 10.6. The number of piperidine rings is 1. The van der Waals surface area contributed by atoms with Crippen LogP contribution in [0.3, 0.4) is 0 Å². The molecule has 0 atom stereocenters. The first kappa shape index (κ1) is 19.0. The van der Waals surface area contributed by atoms with Crippen molar-refractivity contribution in [3.63, 3.8) is 0 Å². The van der Waals surface area contributed by atoms with Crippen LogP contribution >= 0.6 is 22.9 Å². The molecule has 0 saturated carbocycles. The summed E-state index contributed by atoms with van der Waals surface area (Å²) in [5.74, 6) is 0.846. The van der Waals surface area contributed by atoms with Crippen molar-refractivity contribution in [1.29, 1.82) is 0 Å². The number of fused-ring (bicyclic) bond motifs is 1. The first-order chi connectivity index (χ1) is 13.6. The number of carbonyl (C=O) groups is 2. The molecular formula is C20H20ClN3O3S. The number of carbonyl (C=O) groups excluding carboxylic acids is 2. The molecule has 3 aromatic rings. The number of amides is 2. The molecule has 2 aromatic heterocycles. The Labute approximate surface area is 171 Å². The molecule has 0 bridgehead atoms. The van der Waals surface area contributed by atoms with Crippen LogP contribution in [0.1, 0.15) is 41.4 Å². The number of nitrogens with zero attached hydrogens (tertiary/aromatic N) is 2. The second-order valence-electron chi connectivity index (χ2n) is 6.84. The summed E-state index contributed by atoms with van der Waals surface area (Å²) in [6.07, 6.45) is 1.93. The van der Waals surface area contributed by atoms with Gasteiger partial charge in [-0.2, -0.15) is 11.3 Å². The normalized spacial score (nSPS) is 15.1. The maximum absolute atomic E-state index is 12.4. The molecule has 8 heteroatoms. The summed E-state index contributed by atoms with van der Waals surface area (Å²) in [5.41, 5.74) is 2.14. The van der Waals surface area contributed by atoms with E-state index in [1.165, 1.54) is 11.3 Å². The number of aromatic nitrogens is 1. The van der Waals surface area contributed by atoms with Gasteiger partial charge in [0.15, 0.2) is 11.5 Å². The van der Waals surface area contributed by atoms with Gasteiger partial charge in [-0.3, -0.25) is 9.59 Å². The van der Waals surface area contributed by atoms with Gasteiger partial charge in [-0.1, -0.05) is 11.6 Å². The molecule has 0 unspecified atom stereocenters. The maximum atomic E-state index is 12.4. The minimum absolute atomic E-state index is 0.0633. The number of halogens is 1. The molecule has 1 fully saturated rings. The van der Waals surface area contributed by atoms with E-state index in [4.69, 9.17) is 16.0 Å². The van der Waals surface area contributed by atoms with Gasteiger partial charge in [0, 0.05) is 47.9 Å². The number of thiophene rings is 1. The van der Waals surface area contributed by atoms with Crippen LogP contribution in [0.2, 0.25) is 5.02 Å². The molecule has 4 rings (SSSR count). The zero-order chi connectivity index (χ0) is 19.5. The van der Waals surface area contributed by atoms with Crippen LogP contribution in [-0.4, -0.2) is 41.3 Å². The first-order valence-electron chi connectivity index (χ1n) is 9.24. The van der Waals surface area contributed by atoms with E-state index in [9.17, 15) is 9.59 Å². The fraction of sp³-hybridized carbons (Fsp3) is 0.350. The fourth-order valence-corrected chi connectivity index (χ4v) is 4.21. The highest BCUT2D eigenvalue weighted by atomic mass is 35.5. The largest absolute Gasteiger partial charge is 0.440 e. The third-order valence-electron chi connectivity index (χ3n) is 4.97. The van der Waals surface area contributed by atoms with E-state index < -0.39 is 0 Å². The van der Waals surface area contributed by atoms with E-state index in [-0.39, 0.29) is 17.7 Å². The average molecular weight is 418 g/mol. The summed E-state index contributed by atoms with van der Waals surface area (Å²) < 4.78 is 5.87. The highest BCUT2D eigenvalue weighted by Crippen LogP contribution is 2.30. The monoisotopic (exact) mass is 417 g/mol. The molecule has 0 aliphatic carbocycles. The number of rotatable bonds is 5. The van der Waals surface area contributed by atoms with Crippen molar-refractivity contribution in [2.75, 3.05) is 19.6 Å². The molecule has 1 aliphatic heterocycles. The van der Waals surface area contributed by atoms with Gasteiger partial charge in [-0.05, 0) is 42.5 Å². The van der Waals surface area contributed by atoms with Crippen LogP contribution in [0.5, 0.6) is 0 Å². The van der Waals surface area contributed by atoms with Gasteiger partial charge in [0.05, 0.1) is 0 Å². The molecule has 0 spiro atoms. The summed E-state index contributed by atoms with van der Waals surface area (Å²) in [7, 11) is 0. The highest BCUT2D eigenvalue weighted by Gasteiger charge is 2.27. The smallest absolute Gasteiger partial charge is 0.252 e. The van der Waals surface area contributed by atoms with Crippen LogP contribution in [0.15, 0.2) is 39.4 Å². The minimum atomic E-state index is -0.135. The zero-order valence-corrected chi connectivity index (χ0v) is 16.8. The molecule has 1 aliphatic rings. The maximum Gasteiger partial charge on any atom is 0.252 e. The summed E-state index contributed by atoms with van der Waals surface area (Å²) in [5, 5.41) is 7.08. The number of benzene rings is 1. The van der Waals surface area contributed by atoms with Crippen molar-refractivity contribution >= 4 is 45.9 Å². The standard InChI is InChI=1S/C20H20ClN3O3S/c21-15-1-2-17-16(11-15)23-20(27-17)13-4-8-24(9-5-13)18(25)3-7-22-19(26)14-6-10-28-12-14/h1-2,6,10-13H,3-5,7-9H2,(H,22,26). The van der Waals surface area contributed by atoms with Crippen molar-refractivity contribution in [1.82, 2.24) is 15.2 Å². The van der Waals surface area contributed by atoms with Crippen LogP contribution in [0, 0.1) is 0 Å². The molecule has 1 aromatic carbocycles. The second-order valence-corrected chi connectivity index (χ2v) is 8.05. The quantitative estimate of drug-likeness (QED) is 0.679. The van der Waals surface area contributed by atoms with Gasteiger partial charge < -0.3 is 14.6 Å². The highest BCUT2D eigenvalue weighted by molar-refractivity contribution is 7.08. The number of oxazole rings is 1. The Morgan fingerprint density at radius 2 is 2.11 bits per heavy atom. The molecule has 146 valence electrons. The predicted octanol–water partition coefficient (Wildman–Crippen LogP) is 4.07. The van der Waals surface area contributed by atoms with E-state index in [1.54, 1.807) is 23.6 Å². The van der Waals surface area contributed by atoms with E-state index in [2.05, 4.69) is 10.3 Å². The van der Waals surface area contributed by atoms with Crippen molar-refractivity contribution < 1.29 is 14.0 Å². The Balaban J connectivity index is 1.26. The number of hydrogen-bond acceptors (Lipinski definition) is 5. The second kappa shape index (κ2) is 8.32. The Kier molecular flexibility index (Phi) is 5.64. The summed E-state index contributed by atoms with van der Waals surface area (Å²) >= 11 is 7.48. The van der Waals surface area contributed by atoms with E-state index in [0.29, 0.717) is 42.5 Å².